The number of anilines is 3. The third-order valence-corrected chi connectivity index (χ3v) is 3.20. The molecule has 0 N–H and O–H groups in total. The molecule has 0 aromatic heterocycles. The minimum absolute atomic E-state index is 0. The predicted octanol–water partition coefficient (Wildman–Crippen LogP) is 2.55. The number of benzene rings is 2. The second-order valence-corrected chi connectivity index (χ2v) is 4.26. The monoisotopic (exact) mass is 448 g/mol. The van der Waals surface area contributed by atoms with Crippen molar-refractivity contribution in [3.8, 4) is 0 Å². The third-order valence-electron chi connectivity index (χ3n) is 2.60. The molecule has 0 spiro atoms. The number of hydrogen-bond donors (Lipinski definition) is 0. The van der Waals surface area contributed by atoms with Gasteiger partial charge < -0.3 is 19.2 Å². The quantitative estimate of drug-likeness (QED) is 0.402. The number of carbonyl (C=O) groups excluding carboxylic acids is 2. The molecule has 21 heavy (non-hydrogen) atoms. The average molecular weight is 448 g/mol. The van der Waals surface area contributed by atoms with E-state index in [1.165, 1.54) is 12.8 Å². The predicted molar refractivity (Wildman–Crippen MR) is 78.6 cm³/mol. The number of hydrogen-bond acceptors (Lipinski definition) is 3. The molecule has 2 radical (unpaired) electrons. The Balaban J connectivity index is 0.00000200. The van der Waals surface area contributed by atoms with Crippen molar-refractivity contribution in [2.75, 3.05) is 9.57 Å². The first-order chi connectivity index (χ1) is 9.26. The van der Waals surface area contributed by atoms with Crippen molar-refractivity contribution in [1.29, 1.82) is 0 Å². The first-order valence-electron chi connectivity index (χ1n) is 5.52. The largest absolute Gasteiger partial charge is 0.595 e. The maximum Gasteiger partial charge on any atom is 0.0441 e. The fourth-order valence-electron chi connectivity index (χ4n) is 1.62. The summed E-state index contributed by atoms with van der Waals surface area (Å²) in [5.41, 5.74) is 2.36. The Hall–Kier alpha value is 0.0178. The second-order valence-electron chi connectivity index (χ2n) is 3.74. The molecule has 7 heteroatoms. The van der Waals surface area contributed by atoms with Gasteiger partial charge in [-0.25, -0.2) is 0 Å². The van der Waals surface area contributed by atoms with Crippen molar-refractivity contribution in [1.82, 2.24) is 0 Å². The van der Waals surface area contributed by atoms with E-state index in [2.05, 4.69) is 9.39 Å². The standard InChI is InChI=1S/C14H11N2O2P.2Y/c17-10-15(11-18)12-6-8-14(9-7-12)16(19)13-4-2-1-3-5-13;;/h1-9H,19H2;;/q-2;;. The topological polar surface area (TPSA) is 40.6 Å². The van der Waals surface area contributed by atoms with E-state index < -0.39 is 0 Å². The van der Waals surface area contributed by atoms with E-state index >= 15 is 0 Å². The minimum Gasteiger partial charge on any atom is -0.595 e. The maximum absolute atomic E-state index is 10.5. The van der Waals surface area contributed by atoms with Gasteiger partial charge in [-0.1, -0.05) is 30.3 Å². The molecule has 0 saturated heterocycles. The molecular formula is C14H11N2O2PY2-2. The van der Waals surface area contributed by atoms with Gasteiger partial charge in [0.25, 0.3) is 0 Å². The van der Waals surface area contributed by atoms with Gasteiger partial charge in [-0.3, -0.25) is 0 Å². The molecule has 102 valence electrons. The van der Waals surface area contributed by atoms with Crippen LogP contribution >= 0.6 is 9.39 Å². The normalized spacial score (nSPS) is 8.81. The van der Waals surface area contributed by atoms with Crippen molar-refractivity contribution in [2.45, 2.75) is 0 Å². The summed E-state index contributed by atoms with van der Waals surface area (Å²) in [6.45, 7) is 0. The Bertz CT molecular complexity index is 559. The average Bonchev–Trinajstić information content (AvgIpc) is 2.49. The van der Waals surface area contributed by atoms with Gasteiger partial charge in [0.1, 0.15) is 0 Å². The maximum atomic E-state index is 10.5. The molecule has 2 amide bonds. The molecule has 0 fully saturated rings. The number of amides is 2. The first-order valence-corrected chi connectivity index (χ1v) is 6.03. The molecule has 0 heterocycles. The summed E-state index contributed by atoms with van der Waals surface area (Å²) in [4.78, 5) is 21.7. The van der Waals surface area contributed by atoms with Crippen LogP contribution in [-0.2, 0) is 75.0 Å². The van der Waals surface area contributed by atoms with E-state index in [-0.39, 0.29) is 65.4 Å². The molecule has 2 aromatic carbocycles. The van der Waals surface area contributed by atoms with Crippen molar-refractivity contribution in [3.05, 3.63) is 54.6 Å². The van der Waals surface area contributed by atoms with Crippen LogP contribution < -0.4 is 9.57 Å². The molecule has 0 aliphatic heterocycles. The van der Waals surface area contributed by atoms with Crippen molar-refractivity contribution in [3.63, 3.8) is 0 Å². The molecule has 2 aromatic rings. The summed E-state index contributed by atoms with van der Waals surface area (Å²) >= 11 is 0. The van der Waals surface area contributed by atoms with Crippen molar-refractivity contribution >= 4 is 39.3 Å². The first kappa shape index (κ1) is 21.0. The summed E-state index contributed by atoms with van der Waals surface area (Å²) in [5.74, 6) is 0. The van der Waals surface area contributed by atoms with Gasteiger partial charge in [0.15, 0.2) is 0 Å². The van der Waals surface area contributed by atoms with Crippen LogP contribution in [0.2, 0.25) is 0 Å². The summed E-state index contributed by atoms with van der Waals surface area (Å²) in [6, 6.07) is 16.7. The van der Waals surface area contributed by atoms with E-state index in [9.17, 15) is 9.59 Å². The van der Waals surface area contributed by atoms with Crippen molar-refractivity contribution < 1.29 is 75.0 Å². The van der Waals surface area contributed by atoms with Crippen LogP contribution in [0.3, 0.4) is 0 Å². The van der Waals surface area contributed by atoms with Crippen molar-refractivity contribution in [2.24, 2.45) is 0 Å². The van der Waals surface area contributed by atoms with Crippen LogP contribution in [-0.4, -0.2) is 12.8 Å². The third kappa shape index (κ3) is 5.62. The number of imide groups is 1. The molecule has 0 aliphatic carbocycles. The van der Waals surface area contributed by atoms with Crippen LogP contribution in [0.25, 0.3) is 0 Å². The van der Waals surface area contributed by atoms with E-state index in [4.69, 9.17) is 0 Å². The Morgan fingerprint density at radius 1 is 0.714 bits per heavy atom. The van der Waals surface area contributed by atoms with E-state index in [0.717, 1.165) is 16.3 Å². The smallest absolute Gasteiger partial charge is 0.0441 e. The Labute approximate surface area is 176 Å². The van der Waals surface area contributed by atoms with Crippen LogP contribution in [0.4, 0.5) is 17.1 Å². The van der Waals surface area contributed by atoms with Crippen LogP contribution in [0.5, 0.6) is 0 Å². The van der Waals surface area contributed by atoms with Gasteiger partial charge in [-0.2, -0.15) is 5.69 Å². The van der Waals surface area contributed by atoms with Crippen LogP contribution in [0, 0.1) is 0 Å². The summed E-state index contributed by atoms with van der Waals surface area (Å²) in [5, 5.41) is 0. The number of rotatable bonds is 5. The van der Waals surface area contributed by atoms with Gasteiger partial charge >= 0.3 is 0 Å². The Morgan fingerprint density at radius 3 is 1.62 bits per heavy atom. The van der Waals surface area contributed by atoms with Gasteiger partial charge in [-0.05, 0) is 34.3 Å². The molecule has 2 rings (SSSR count). The fraction of sp³-hybridized carbons (Fsp3) is 0. The zero-order valence-corrected chi connectivity index (χ0v) is 18.0. The summed E-state index contributed by atoms with van der Waals surface area (Å²) in [7, 11) is 2.62. The van der Waals surface area contributed by atoms with Gasteiger partial charge in [-0.15, -0.1) is 12.1 Å². The summed E-state index contributed by atoms with van der Waals surface area (Å²) < 4.78 is 1.92. The number of nitrogens with zero attached hydrogens (tertiary/aromatic N) is 2. The molecule has 1 unspecified atom stereocenters. The number of para-hydroxylation sites is 1. The van der Waals surface area contributed by atoms with Gasteiger partial charge in [0, 0.05) is 76.8 Å². The SMILES string of the molecule is O=[C-]N([C-]=O)c1ccc(N(P)c2ccccc2)cc1.[Y].[Y]. The zero-order chi connectivity index (χ0) is 13.7. The van der Waals surface area contributed by atoms with E-state index in [1.807, 2.05) is 35.0 Å². The Kier molecular flexibility index (Phi) is 10.7. The van der Waals surface area contributed by atoms with Gasteiger partial charge in [0.05, 0.1) is 0 Å². The molecule has 0 saturated carbocycles. The molecule has 4 nitrogen and oxygen atoms in total. The molecular weight excluding hydrogens is 437 g/mol. The minimum atomic E-state index is 0. The molecule has 1 atom stereocenters. The molecule has 0 bridgehead atoms. The van der Waals surface area contributed by atoms with E-state index in [0.29, 0.717) is 5.69 Å². The van der Waals surface area contributed by atoms with E-state index in [1.54, 1.807) is 24.3 Å². The Morgan fingerprint density at radius 2 is 1.14 bits per heavy atom. The van der Waals surface area contributed by atoms with Crippen LogP contribution in [0.1, 0.15) is 0 Å². The van der Waals surface area contributed by atoms with Crippen LogP contribution in [0.15, 0.2) is 54.6 Å². The molecule has 0 aliphatic rings. The fourth-order valence-corrected chi connectivity index (χ4v) is 1.97. The second kappa shape index (κ2) is 10.7. The zero-order valence-electron chi connectivity index (χ0n) is 11.1. The summed E-state index contributed by atoms with van der Waals surface area (Å²) in [6.07, 6.45) is 2.98. The van der Waals surface area contributed by atoms with Gasteiger partial charge in [0.2, 0.25) is 0 Å².